The fraction of sp³-hybridized carbons (Fsp3) is 0.133. The molecule has 0 aliphatic carbocycles. The maximum atomic E-state index is 13.4. The van der Waals surface area contributed by atoms with Crippen LogP contribution in [-0.2, 0) is 6.42 Å². The average molecular weight is 262 g/mol. The molecule has 2 aromatic rings. The molecule has 0 amide bonds. The molecule has 0 spiro atoms. The fourth-order valence-corrected chi connectivity index (χ4v) is 1.78. The van der Waals surface area contributed by atoms with Crippen molar-refractivity contribution in [3.05, 3.63) is 65.2 Å². The lowest BCUT2D eigenvalue weighted by Gasteiger charge is -2.05. The van der Waals surface area contributed by atoms with Crippen LogP contribution in [0.2, 0.25) is 0 Å². The third-order valence-corrected chi connectivity index (χ3v) is 2.77. The van der Waals surface area contributed by atoms with Crippen molar-refractivity contribution in [1.82, 2.24) is 0 Å². The second kappa shape index (κ2) is 5.61. The Hall–Kier alpha value is -2.23. The van der Waals surface area contributed by atoms with E-state index in [1.807, 2.05) is 0 Å². The minimum atomic E-state index is -0.835. The summed E-state index contributed by atoms with van der Waals surface area (Å²) in [6.07, 6.45) is -0.0537. The molecule has 4 heteroatoms. The highest BCUT2D eigenvalue weighted by molar-refractivity contribution is 5.98. The number of methoxy groups -OCH3 is 1. The molecular formula is C15H12F2O2. The number of Topliss-reactive ketones (excluding diaryl/α,β-unsaturated/α-hetero) is 1. The summed E-state index contributed by atoms with van der Waals surface area (Å²) in [4.78, 5) is 11.9. The molecule has 0 heterocycles. The van der Waals surface area contributed by atoms with Gasteiger partial charge in [-0.3, -0.25) is 4.79 Å². The van der Waals surface area contributed by atoms with Crippen LogP contribution >= 0.6 is 0 Å². The number of ether oxygens (including phenoxy) is 1. The van der Waals surface area contributed by atoms with Gasteiger partial charge in [-0.15, -0.1) is 0 Å². The summed E-state index contributed by atoms with van der Waals surface area (Å²) in [5.41, 5.74) is 0.187. The Morgan fingerprint density at radius 3 is 2.16 bits per heavy atom. The van der Waals surface area contributed by atoms with Crippen molar-refractivity contribution < 1.29 is 18.3 Å². The van der Waals surface area contributed by atoms with Crippen LogP contribution in [0.1, 0.15) is 15.9 Å². The van der Waals surface area contributed by atoms with E-state index in [9.17, 15) is 13.6 Å². The van der Waals surface area contributed by atoms with E-state index in [-0.39, 0.29) is 6.42 Å². The van der Waals surface area contributed by atoms with Crippen LogP contribution in [0.4, 0.5) is 8.78 Å². The Morgan fingerprint density at radius 2 is 1.63 bits per heavy atom. The number of carbonyl (C=O) groups excluding carboxylic acids is 1. The van der Waals surface area contributed by atoms with Gasteiger partial charge in [0.1, 0.15) is 17.4 Å². The largest absolute Gasteiger partial charge is 0.497 e. The Kier molecular flexibility index (Phi) is 3.90. The number of ketones is 1. The van der Waals surface area contributed by atoms with Gasteiger partial charge in [-0.25, -0.2) is 8.78 Å². The Labute approximate surface area is 109 Å². The zero-order valence-electron chi connectivity index (χ0n) is 10.3. The molecule has 2 nitrogen and oxygen atoms in total. The van der Waals surface area contributed by atoms with Crippen LogP contribution in [0.15, 0.2) is 42.5 Å². The van der Waals surface area contributed by atoms with E-state index >= 15 is 0 Å². The van der Waals surface area contributed by atoms with Gasteiger partial charge < -0.3 is 4.74 Å². The Morgan fingerprint density at radius 1 is 1.05 bits per heavy atom. The summed E-state index contributed by atoms with van der Waals surface area (Å²) >= 11 is 0. The van der Waals surface area contributed by atoms with Crippen molar-refractivity contribution in [2.24, 2.45) is 0 Å². The molecule has 0 aliphatic rings. The first kappa shape index (κ1) is 13.2. The molecule has 0 saturated heterocycles. The number of halogens is 2. The van der Waals surface area contributed by atoms with Crippen molar-refractivity contribution in [2.75, 3.05) is 7.11 Å². The first-order valence-corrected chi connectivity index (χ1v) is 5.72. The SMILES string of the molecule is COc1ccc(CC(=O)c2c(F)cccc2F)cc1. The molecule has 0 atom stereocenters. The van der Waals surface area contributed by atoms with Gasteiger partial charge in [0.2, 0.25) is 0 Å². The van der Waals surface area contributed by atoms with Gasteiger partial charge in [0.25, 0.3) is 0 Å². The van der Waals surface area contributed by atoms with E-state index in [1.165, 1.54) is 13.2 Å². The molecule has 0 unspecified atom stereocenters. The molecule has 0 N–H and O–H groups in total. The molecule has 0 aliphatic heterocycles. The van der Waals surface area contributed by atoms with Gasteiger partial charge in [-0.1, -0.05) is 18.2 Å². The molecule has 0 radical (unpaired) electrons. The molecule has 2 rings (SSSR count). The third kappa shape index (κ3) is 2.96. The van der Waals surface area contributed by atoms with Crippen molar-refractivity contribution in [3.63, 3.8) is 0 Å². The topological polar surface area (TPSA) is 26.3 Å². The first-order chi connectivity index (χ1) is 9.11. The molecule has 2 aromatic carbocycles. The molecule has 19 heavy (non-hydrogen) atoms. The zero-order chi connectivity index (χ0) is 13.8. The Bertz CT molecular complexity index is 571. The number of benzene rings is 2. The maximum Gasteiger partial charge on any atom is 0.173 e. The van der Waals surface area contributed by atoms with E-state index in [4.69, 9.17) is 4.74 Å². The molecule has 0 saturated carbocycles. The molecular weight excluding hydrogens is 250 g/mol. The zero-order valence-corrected chi connectivity index (χ0v) is 10.3. The number of hydrogen-bond donors (Lipinski definition) is 0. The lowest BCUT2D eigenvalue weighted by atomic mass is 10.0. The van der Waals surface area contributed by atoms with Crippen LogP contribution in [-0.4, -0.2) is 12.9 Å². The maximum absolute atomic E-state index is 13.4. The second-order valence-electron chi connectivity index (χ2n) is 4.04. The van der Waals surface area contributed by atoms with Gasteiger partial charge in [0.15, 0.2) is 5.78 Å². The van der Waals surface area contributed by atoms with Crippen LogP contribution < -0.4 is 4.74 Å². The highest BCUT2D eigenvalue weighted by atomic mass is 19.1. The van der Waals surface area contributed by atoms with Crippen molar-refractivity contribution in [3.8, 4) is 5.75 Å². The van der Waals surface area contributed by atoms with E-state index < -0.39 is 23.0 Å². The normalized spacial score (nSPS) is 10.3. The van der Waals surface area contributed by atoms with E-state index in [0.717, 1.165) is 12.1 Å². The minimum Gasteiger partial charge on any atom is -0.497 e. The van der Waals surface area contributed by atoms with Crippen LogP contribution in [0.3, 0.4) is 0 Å². The highest BCUT2D eigenvalue weighted by Gasteiger charge is 2.17. The summed E-state index contributed by atoms with van der Waals surface area (Å²) in [6, 6.07) is 10.1. The minimum absolute atomic E-state index is 0.0537. The lowest BCUT2D eigenvalue weighted by Crippen LogP contribution is -2.09. The van der Waals surface area contributed by atoms with E-state index in [2.05, 4.69) is 0 Å². The van der Waals surface area contributed by atoms with E-state index in [1.54, 1.807) is 24.3 Å². The van der Waals surface area contributed by atoms with Crippen LogP contribution in [0.25, 0.3) is 0 Å². The average Bonchev–Trinajstić information content (AvgIpc) is 2.39. The summed E-state index contributed by atoms with van der Waals surface area (Å²) in [5, 5.41) is 0. The Balaban J connectivity index is 2.21. The smallest absolute Gasteiger partial charge is 0.173 e. The highest BCUT2D eigenvalue weighted by Crippen LogP contribution is 2.17. The standard InChI is InChI=1S/C15H12F2O2/c1-19-11-7-5-10(6-8-11)9-14(18)15-12(16)3-2-4-13(15)17/h2-8H,9H2,1H3. The number of hydrogen-bond acceptors (Lipinski definition) is 2. The van der Waals surface area contributed by atoms with E-state index in [0.29, 0.717) is 11.3 Å². The van der Waals surface area contributed by atoms with Crippen molar-refractivity contribution in [1.29, 1.82) is 0 Å². The van der Waals surface area contributed by atoms with Crippen molar-refractivity contribution in [2.45, 2.75) is 6.42 Å². The fourth-order valence-electron chi connectivity index (χ4n) is 1.78. The molecule has 0 fully saturated rings. The lowest BCUT2D eigenvalue weighted by molar-refractivity contribution is 0.0985. The summed E-state index contributed by atoms with van der Waals surface area (Å²) < 4.78 is 31.9. The third-order valence-electron chi connectivity index (χ3n) is 2.77. The van der Waals surface area contributed by atoms with Gasteiger partial charge >= 0.3 is 0 Å². The van der Waals surface area contributed by atoms with Gasteiger partial charge in [-0.05, 0) is 29.8 Å². The summed E-state index contributed by atoms with van der Waals surface area (Å²) in [6.45, 7) is 0. The predicted molar refractivity (Wildman–Crippen MR) is 67.4 cm³/mol. The van der Waals surface area contributed by atoms with Crippen LogP contribution in [0, 0.1) is 11.6 Å². The second-order valence-corrected chi connectivity index (χ2v) is 4.04. The number of carbonyl (C=O) groups is 1. The first-order valence-electron chi connectivity index (χ1n) is 5.72. The van der Waals surface area contributed by atoms with Gasteiger partial charge in [-0.2, -0.15) is 0 Å². The van der Waals surface area contributed by atoms with Crippen molar-refractivity contribution >= 4 is 5.78 Å². The monoisotopic (exact) mass is 262 g/mol. The predicted octanol–water partition coefficient (Wildman–Crippen LogP) is 3.40. The summed E-state index contributed by atoms with van der Waals surface area (Å²) in [5.74, 6) is -1.59. The quantitative estimate of drug-likeness (QED) is 0.789. The molecule has 98 valence electrons. The van der Waals surface area contributed by atoms with Crippen LogP contribution in [0.5, 0.6) is 5.75 Å². The summed E-state index contributed by atoms with van der Waals surface area (Å²) in [7, 11) is 1.54. The van der Waals surface area contributed by atoms with Gasteiger partial charge in [0, 0.05) is 6.42 Å². The van der Waals surface area contributed by atoms with Gasteiger partial charge in [0.05, 0.1) is 12.7 Å². The molecule has 0 aromatic heterocycles. The number of rotatable bonds is 4. The molecule has 0 bridgehead atoms.